The third-order valence-electron chi connectivity index (χ3n) is 4.04. The Bertz CT molecular complexity index is 393. The Kier molecular flexibility index (Phi) is 3.35. The summed E-state index contributed by atoms with van der Waals surface area (Å²) in [5.41, 5.74) is -0.339. The van der Waals surface area contributed by atoms with Gasteiger partial charge in [0, 0.05) is 13.0 Å². The standard InChI is InChI=1S/C13H21N3O2/c1-13(5-2-3-7-17-13)12-15-11(18-16-12)8-10-4-6-14-9-10/h10,14H,2-9H2,1H3. The predicted molar refractivity (Wildman–Crippen MR) is 66.1 cm³/mol. The molecule has 18 heavy (non-hydrogen) atoms. The highest BCUT2D eigenvalue weighted by molar-refractivity contribution is 5.01. The minimum Gasteiger partial charge on any atom is -0.367 e. The lowest BCUT2D eigenvalue weighted by Gasteiger charge is -2.30. The van der Waals surface area contributed by atoms with E-state index in [9.17, 15) is 0 Å². The van der Waals surface area contributed by atoms with Gasteiger partial charge in [0.25, 0.3) is 0 Å². The van der Waals surface area contributed by atoms with Gasteiger partial charge in [-0.2, -0.15) is 4.98 Å². The number of hydrogen-bond donors (Lipinski definition) is 1. The summed E-state index contributed by atoms with van der Waals surface area (Å²) in [5, 5.41) is 7.48. The van der Waals surface area contributed by atoms with Crippen LogP contribution in [0.1, 0.15) is 44.3 Å². The van der Waals surface area contributed by atoms with E-state index < -0.39 is 0 Å². The van der Waals surface area contributed by atoms with Crippen molar-refractivity contribution in [2.75, 3.05) is 19.7 Å². The summed E-state index contributed by atoms with van der Waals surface area (Å²) in [6, 6.07) is 0. The van der Waals surface area contributed by atoms with Gasteiger partial charge in [-0.1, -0.05) is 5.16 Å². The van der Waals surface area contributed by atoms with Gasteiger partial charge in [-0.3, -0.25) is 0 Å². The largest absolute Gasteiger partial charge is 0.367 e. The van der Waals surface area contributed by atoms with E-state index in [0.29, 0.717) is 5.92 Å². The van der Waals surface area contributed by atoms with Gasteiger partial charge in [-0.05, 0) is 51.6 Å². The molecule has 0 spiro atoms. The summed E-state index contributed by atoms with van der Waals surface area (Å²) in [5.74, 6) is 2.12. The van der Waals surface area contributed by atoms with Crippen LogP contribution < -0.4 is 5.32 Å². The zero-order valence-corrected chi connectivity index (χ0v) is 10.9. The van der Waals surface area contributed by atoms with Gasteiger partial charge in [0.1, 0.15) is 5.60 Å². The van der Waals surface area contributed by atoms with Crippen molar-refractivity contribution in [1.82, 2.24) is 15.5 Å². The van der Waals surface area contributed by atoms with E-state index in [1.165, 1.54) is 12.8 Å². The zero-order chi connectivity index (χ0) is 12.4. The van der Waals surface area contributed by atoms with Crippen LogP contribution in [0.2, 0.25) is 0 Å². The fraction of sp³-hybridized carbons (Fsp3) is 0.846. The first-order valence-electron chi connectivity index (χ1n) is 6.94. The predicted octanol–water partition coefficient (Wildman–Crippen LogP) is 1.64. The monoisotopic (exact) mass is 251 g/mol. The Hall–Kier alpha value is -0.940. The first-order chi connectivity index (χ1) is 8.76. The highest BCUT2D eigenvalue weighted by Crippen LogP contribution is 2.32. The summed E-state index contributed by atoms with van der Waals surface area (Å²) in [6.07, 6.45) is 5.37. The van der Waals surface area contributed by atoms with Gasteiger partial charge in [0.2, 0.25) is 11.7 Å². The van der Waals surface area contributed by atoms with Crippen LogP contribution in [0, 0.1) is 5.92 Å². The molecular weight excluding hydrogens is 230 g/mol. The van der Waals surface area contributed by atoms with E-state index in [1.54, 1.807) is 0 Å². The van der Waals surface area contributed by atoms with Crippen molar-refractivity contribution >= 4 is 0 Å². The molecule has 0 radical (unpaired) electrons. The van der Waals surface area contributed by atoms with Crippen LogP contribution in [0.3, 0.4) is 0 Å². The van der Waals surface area contributed by atoms with E-state index >= 15 is 0 Å². The lowest BCUT2D eigenvalue weighted by atomic mass is 9.95. The summed E-state index contributed by atoms with van der Waals surface area (Å²) in [7, 11) is 0. The molecule has 2 unspecified atom stereocenters. The molecule has 1 aromatic heterocycles. The van der Waals surface area contributed by atoms with Crippen LogP contribution in [0.15, 0.2) is 4.52 Å². The molecule has 5 heteroatoms. The maximum Gasteiger partial charge on any atom is 0.227 e. The summed E-state index contributed by atoms with van der Waals surface area (Å²) >= 11 is 0. The second kappa shape index (κ2) is 4.97. The molecule has 5 nitrogen and oxygen atoms in total. The minimum atomic E-state index is -0.339. The number of ether oxygens (including phenoxy) is 1. The zero-order valence-electron chi connectivity index (χ0n) is 10.9. The summed E-state index contributed by atoms with van der Waals surface area (Å²) in [6.45, 7) is 5.03. The Morgan fingerprint density at radius 1 is 1.44 bits per heavy atom. The van der Waals surface area contributed by atoms with Gasteiger partial charge >= 0.3 is 0 Å². The van der Waals surface area contributed by atoms with Crippen molar-refractivity contribution in [3.05, 3.63) is 11.7 Å². The van der Waals surface area contributed by atoms with Crippen molar-refractivity contribution < 1.29 is 9.26 Å². The molecule has 3 heterocycles. The molecule has 2 aliphatic rings. The molecule has 2 fully saturated rings. The molecule has 2 atom stereocenters. The maximum atomic E-state index is 5.84. The first kappa shape index (κ1) is 12.1. The molecule has 2 saturated heterocycles. The second-order valence-corrected chi connectivity index (χ2v) is 5.61. The van der Waals surface area contributed by atoms with Crippen molar-refractivity contribution in [2.45, 2.75) is 44.6 Å². The fourth-order valence-corrected chi connectivity index (χ4v) is 2.80. The van der Waals surface area contributed by atoms with Gasteiger partial charge in [-0.15, -0.1) is 0 Å². The number of nitrogens with zero attached hydrogens (tertiary/aromatic N) is 2. The third-order valence-corrected chi connectivity index (χ3v) is 4.04. The molecule has 0 amide bonds. The number of aromatic nitrogens is 2. The van der Waals surface area contributed by atoms with Crippen molar-refractivity contribution in [1.29, 1.82) is 0 Å². The number of nitrogens with one attached hydrogen (secondary N) is 1. The fourth-order valence-electron chi connectivity index (χ4n) is 2.80. The van der Waals surface area contributed by atoms with E-state index in [1.807, 2.05) is 0 Å². The Morgan fingerprint density at radius 3 is 3.11 bits per heavy atom. The number of hydrogen-bond acceptors (Lipinski definition) is 5. The average Bonchev–Trinajstić information content (AvgIpc) is 3.02. The van der Waals surface area contributed by atoms with E-state index in [4.69, 9.17) is 9.26 Å². The Labute approximate surface area is 107 Å². The lowest BCUT2D eigenvalue weighted by molar-refractivity contribution is -0.0770. The Morgan fingerprint density at radius 2 is 2.39 bits per heavy atom. The van der Waals surface area contributed by atoms with Crippen molar-refractivity contribution in [3.8, 4) is 0 Å². The third kappa shape index (κ3) is 2.42. The van der Waals surface area contributed by atoms with Crippen LogP contribution in [0.25, 0.3) is 0 Å². The molecular formula is C13H21N3O2. The van der Waals surface area contributed by atoms with Gasteiger partial charge in [0.15, 0.2) is 0 Å². The quantitative estimate of drug-likeness (QED) is 0.885. The normalized spacial score (nSPS) is 32.8. The van der Waals surface area contributed by atoms with Crippen LogP contribution in [-0.2, 0) is 16.8 Å². The van der Waals surface area contributed by atoms with Crippen molar-refractivity contribution in [3.63, 3.8) is 0 Å². The average molecular weight is 251 g/mol. The van der Waals surface area contributed by atoms with E-state index in [0.717, 1.165) is 50.7 Å². The van der Waals surface area contributed by atoms with E-state index in [-0.39, 0.29) is 5.60 Å². The molecule has 1 N–H and O–H groups in total. The summed E-state index contributed by atoms with van der Waals surface area (Å²) in [4.78, 5) is 4.54. The van der Waals surface area contributed by atoms with Crippen LogP contribution in [0.4, 0.5) is 0 Å². The molecule has 0 aromatic carbocycles. The SMILES string of the molecule is CC1(c2noc(CC3CCNC3)n2)CCCCO1. The van der Waals surface area contributed by atoms with Crippen LogP contribution >= 0.6 is 0 Å². The van der Waals surface area contributed by atoms with Gasteiger partial charge in [-0.25, -0.2) is 0 Å². The van der Waals surface area contributed by atoms with Gasteiger partial charge < -0.3 is 14.6 Å². The van der Waals surface area contributed by atoms with Gasteiger partial charge in [0.05, 0.1) is 0 Å². The molecule has 100 valence electrons. The van der Waals surface area contributed by atoms with Crippen LogP contribution in [-0.4, -0.2) is 29.8 Å². The van der Waals surface area contributed by atoms with Crippen LogP contribution in [0.5, 0.6) is 0 Å². The maximum absolute atomic E-state index is 5.84. The molecule has 0 aliphatic carbocycles. The molecule has 0 bridgehead atoms. The van der Waals surface area contributed by atoms with Crippen molar-refractivity contribution in [2.24, 2.45) is 5.92 Å². The minimum absolute atomic E-state index is 0.339. The van der Waals surface area contributed by atoms with E-state index in [2.05, 4.69) is 22.4 Å². The Balaban J connectivity index is 1.68. The smallest absolute Gasteiger partial charge is 0.227 e. The molecule has 3 rings (SSSR count). The first-order valence-corrected chi connectivity index (χ1v) is 6.94. The molecule has 1 aromatic rings. The molecule has 0 saturated carbocycles. The molecule has 2 aliphatic heterocycles. The summed E-state index contributed by atoms with van der Waals surface area (Å²) < 4.78 is 11.2. The highest BCUT2D eigenvalue weighted by atomic mass is 16.5. The topological polar surface area (TPSA) is 60.2 Å². The number of rotatable bonds is 3. The lowest BCUT2D eigenvalue weighted by Crippen LogP contribution is -2.31. The second-order valence-electron chi connectivity index (χ2n) is 5.61. The highest BCUT2D eigenvalue weighted by Gasteiger charge is 2.35.